The van der Waals surface area contributed by atoms with Gasteiger partial charge in [-0.15, -0.1) is 0 Å². The first-order valence-corrected chi connectivity index (χ1v) is 10.7. The number of rotatable bonds is 5. The van der Waals surface area contributed by atoms with Crippen LogP contribution in [0.25, 0.3) is 0 Å². The lowest BCUT2D eigenvalue weighted by atomic mass is 9.90. The molecule has 1 aliphatic heterocycles. The smallest absolute Gasteiger partial charge is 0.273 e. The summed E-state index contributed by atoms with van der Waals surface area (Å²) in [6.45, 7) is 1.94. The number of likely N-dealkylation sites (N-methyl/N-ethyl adjacent to an activating group) is 1. The second-order valence-electron chi connectivity index (χ2n) is 8.07. The summed E-state index contributed by atoms with van der Waals surface area (Å²) in [4.78, 5) is 31.5. The highest BCUT2D eigenvalue weighted by atomic mass is 35.5. The molecule has 3 N–H and O–H groups in total. The summed E-state index contributed by atoms with van der Waals surface area (Å²) in [5, 5.41) is 23.6. The quantitative estimate of drug-likeness (QED) is 0.579. The van der Waals surface area contributed by atoms with E-state index in [0.29, 0.717) is 35.5 Å². The second kappa shape index (κ2) is 9.05. The van der Waals surface area contributed by atoms with Crippen molar-refractivity contribution >= 4 is 29.0 Å². The fraction of sp³-hybridized carbons (Fsp3) is 0.476. The van der Waals surface area contributed by atoms with Crippen molar-refractivity contribution in [2.45, 2.75) is 57.0 Å². The van der Waals surface area contributed by atoms with Crippen molar-refractivity contribution < 1.29 is 19.4 Å². The van der Waals surface area contributed by atoms with Crippen LogP contribution in [-0.2, 0) is 11.3 Å². The van der Waals surface area contributed by atoms with E-state index in [0.717, 1.165) is 12.6 Å². The lowest BCUT2D eigenvalue weighted by Gasteiger charge is -2.33. The predicted molar refractivity (Wildman–Crippen MR) is 116 cm³/mol. The van der Waals surface area contributed by atoms with Gasteiger partial charge in [0.1, 0.15) is 28.8 Å². The predicted octanol–water partition coefficient (Wildman–Crippen LogP) is 1.87. The zero-order valence-corrected chi connectivity index (χ0v) is 18.4. The van der Waals surface area contributed by atoms with Crippen molar-refractivity contribution in [2.24, 2.45) is 4.99 Å². The number of carbonyl (C=O) groups excluding carboxylic acids is 1. The number of amides is 1. The third kappa shape index (κ3) is 4.17. The molecule has 1 aliphatic carbocycles. The molecule has 0 unspecified atom stereocenters. The summed E-state index contributed by atoms with van der Waals surface area (Å²) in [5.74, 6) is -0.573. The summed E-state index contributed by atoms with van der Waals surface area (Å²) in [5.41, 5.74) is 1.60. The Morgan fingerprint density at radius 3 is 2.88 bits per heavy atom. The molecule has 2 aromatic rings. The Kier molecular flexibility index (Phi) is 6.36. The Labute approximate surface area is 189 Å². The SMILES string of the molecule is C[C@H](c1cc(F)cnc1Cl)N(C)C(=O)C1=NCc2ncnc(N[C@@H]3CCC[C@@H](O)[C@H]3O)c21. The summed E-state index contributed by atoms with van der Waals surface area (Å²) in [7, 11) is 1.58. The molecule has 32 heavy (non-hydrogen) atoms. The van der Waals surface area contributed by atoms with Crippen LogP contribution in [0, 0.1) is 5.82 Å². The minimum Gasteiger partial charge on any atom is -0.390 e. The van der Waals surface area contributed by atoms with Gasteiger partial charge in [0.05, 0.1) is 48.3 Å². The van der Waals surface area contributed by atoms with Crippen molar-refractivity contribution in [1.82, 2.24) is 19.9 Å². The number of hydrogen-bond donors (Lipinski definition) is 3. The molecule has 0 radical (unpaired) electrons. The number of aliphatic hydroxyl groups excluding tert-OH is 2. The first-order valence-electron chi connectivity index (χ1n) is 10.4. The molecule has 2 aliphatic rings. The van der Waals surface area contributed by atoms with E-state index in [1.807, 2.05) is 0 Å². The van der Waals surface area contributed by atoms with E-state index in [4.69, 9.17) is 11.6 Å². The molecule has 1 saturated carbocycles. The number of fused-ring (bicyclic) bond motifs is 1. The Bertz CT molecular complexity index is 1070. The average molecular weight is 463 g/mol. The topological polar surface area (TPSA) is 124 Å². The van der Waals surface area contributed by atoms with Gasteiger partial charge in [0.2, 0.25) is 0 Å². The molecule has 1 amide bonds. The average Bonchev–Trinajstić information content (AvgIpc) is 3.22. The molecule has 11 heteroatoms. The van der Waals surface area contributed by atoms with Crippen LogP contribution in [0.5, 0.6) is 0 Å². The summed E-state index contributed by atoms with van der Waals surface area (Å²) in [6, 6.07) is 0.268. The Morgan fingerprint density at radius 2 is 2.09 bits per heavy atom. The monoisotopic (exact) mass is 462 g/mol. The number of anilines is 1. The zero-order chi connectivity index (χ0) is 23.0. The molecule has 1 fully saturated rings. The third-order valence-corrected chi connectivity index (χ3v) is 6.40. The third-order valence-electron chi connectivity index (χ3n) is 6.08. The van der Waals surface area contributed by atoms with Gasteiger partial charge < -0.3 is 20.4 Å². The molecule has 4 rings (SSSR count). The molecule has 0 bridgehead atoms. The molecule has 0 saturated heterocycles. The number of carbonyl (C=O) groups is 1. The molecule has 0 aromatic carbocycles. The molecule has 3 heterocycles. The molecular weight excluding hydrogens is 439 g/mol. The van der Waals surface area contributed by atoms with Gasteiger partial charge in [-0.2, -0.15) is 0 Å². The van der Waals surface area contributed by atoms with Crippen LogP contribution >= 0.6 is 11.6 Å². The fourth-order valence-corrected chi connectivity index (χ4v) is 4.34. The number of aromatic nitrogens is 3. The molecule has 170 valence electrons. The van der Waals surface area contributed by atoms with E-state index in [1.165, 1.54) is 17.3 Å². The number of aliphatic imine (C=N–C) groups is 1. The van der Waals surface area contributed by atoms with E-state index in [9.17, 15) is 19.4 Å². The van der Waals surface area contributed by atoms with Gasteiger partial charge in [-0.05, 0) is 32.3 Å². The van der Waals surface area contributed by atoms with Gasteiger partial charge in [-0.3, -0.25) is 9.79 Å². The maximum Gasteiger partial charge on any atom is 0.273 e. The number of halogens is 2. The lowest BCUT2D eigenvalue weighted by Crippen LogP contribution is -2.45. The number of hydrogen-bond acceptors (Lipinski definition) is 8. The number of pyridine rings is 1. The Balaban J connectivity index is 1.59. The van der Waals surface area contributed by atoms with Gasteiger partial charge in [-0.1, -0.05) is 11.6 Å². The van der Waals surface area contributed by atoms with E-state index >= 15 is 0 Å². The minimum absolute atomic E-state index is 0.114. The number of nitrogens with zero attached hydrogens (tertiary/aromatic N) is 5. The standard InChI is InChI=1S/C21H24ClFN6O3/c1-10(12-6-11(23)7-25-19(12)22)29(2)21(32)17-16-14(8-24-17)26-9-27-20(16)28-13-4-3-5-15(30)18(13)31/h6-7,9-10,13,15,18,30-31H,3-5,8H2,1-2H3,(H,26,27,28)/t10-,13-,15-,18+/m1/s1. The highest BCUT2D eigenvalue weighted by Gasteiger charge is 2.35. The van der Waals surface area contributed by atoms with Crippen molar-refractivity contribution in [3.8, 4) is 0 Å². The van der Waals surface area contributed by atoms with Crippen LogP contribution in [0.15, 0.2) is 23.6 Å². The lowest BCUT2D eigenvalue weighted by molar-refractivity contribution is -0.124. The molecule has 9 nitrogen and oxygen atoms in total. The summed E-state index contributed by atoms with van der Waals surface area (Å²) in [6.07, 6.45) is 2.57. The molecular formula is C21H24ClFN6O3. The van der Waals surface area contributed by atoms with Crippen molar-refractivity contribution in [3.05, 3.63) is 46.4 Å². The van der Waals surface area contributed by atoms with E-state index < -0.39 is 36.0 Å². The maximum absolute atomic E-state index is 13.7. The van der Waals surface area contributed by atoms with Crippen LogP contribution in [0.2, 0.25) is 5.15 Å². The van der Waals surface area contributed by atoms with Gasteiger partial charge in [0, 0.05) is 12.6 Å². The fourth-order valence-electron chi connectivity index (χ4n) is 4.08. The van der Waals surface area contributed by atoms with E-state index in [1.54, 1.807) is 14.0 Å². The van der Waals surface area contributed by atoms with Crippen molar-refractivity contribution in [1.29, 1.82) is 0 Å². The first kappa shape index (κ1) is 22.5. The molecule has 4 atom stereocenters. The maximum atomic E-state index is 13.7. The van der Waals surface area contributed by atoms with Gasteiger partial charge in [0.25, 0.3) is 5.91 Å². The van der Waals surface area contributed by atoms with Gasteiger partial charge in [-0.25, -0.2) is 19.3 Å². The largest absolute Gasteiger partial charge is 0.390 e. The highest BCUT2D eigenvalue weighted by molar-refractivity contribution is 6.47. The summed E-state index contributed by atoms with van der Waals surface area (Å²) >= 11 is 6.12. The van der Waals surface area contributed by atoms with Gasteiger partial charge >= 0.3 is 0 Å². The highest BCUT2D eigenvalue weighted by Crippen LogP contribution is 2.30. The Morgan fingerprint density at radius 1 is 1.31 bits per heavy atom. The first-order chi connectivity index (χ1) is 15.3. The number of aliphatic hydroxyl groups is 2. The van der Waals surface area contributed by atoms with Gasteiger partial charge in [0.15, 0.2) is 0 Å². The van der Waals surface area contributed by atoms with Crippen LogP contribution in [0.4, 0.5) is 10.2 Å². The van der Waals surface area contributed by atoms with Crippen molar-refractivity contribution in [2.75, 3.05) is 12.4 Å². The van der Waals surface area contributed by atoms with Crippen LogP contribution < -0.4 is 5.32 Å². The molecule has 2 aromatic heterocycles. The van der Waals surface area contributed by atoms with Crippen LogP contribution in [0.1, 0.15) is 49.0 Å². The zero-order valence-electron chi connectivity index (χ0n) is 17.7. The van der Waals surface area contributed by atoms with Crippen LogP contribution in [-0.4, -0.2) is 67.0 Å². The van der Waals surface area contributed by atoms with E-state index in [-0.39, 0.29) is 17.4 Å². The van der Waals surface area contributed by atoms with Crippen molar-refractivity contribution in [3.63, 3.8) is 0 Å². The normalized spacial score (nSPS) is 23.3. The molecule has 0 spiro atoms. The van der Waals surface area contributed by atoms with Crippen LogP contribution in [0.3, 0.4) is 0 Å². The Hall–Kier alpha value is -2.69. The second-order valence-corrected chi connectivity index (χ2v) is 8.43. The number of nitrogens with one attached hydrogen (secondary N) is 1. The summed E-state index contributed by atoms with van der Waals surface area (Å²) < 4.78 is 13.7. The van der Waals surface area contributed by atoms with E-state index in [2.05, 4.69) is 25.3 Å². The minimum atomic E-state index is -0.947.